The van der Waals surface area contributed by atoms with Gasteiger partial charge in [-0.3, -0.25) is 4.79 Å². The van der Waals surface area contributed by atoms with E-state index < -0.39 is 0 Å². The first-order chi connectivity index (χ1) is 9.19. The van der Waals surface area contributed by atoms with Crippen LogP contribution in [0, 0.1) is 11.8 Å². The molecule has 0 aromatic rings. The van der Waals surface area contributed by atoms with Gasteiger partial charge >= 0.3 is 0 Å². The minimum Gasteiger partial charge on any atom is -0.356 e. The lowest BCUT2D eigenvalue weighted by molar-refractivity contribution is -0.121. The van der Waals surface area contributed by atoms with Crippen LogP contribution in [0.15, 0.2) is 0 Å². The normalized spacial score (nSPS) is 25.5. The van der Waals surface area contributed by atoms with Crippen molar-refractivity contribution in [2.75, 3.05) is 26.2 Å². The number of amides is 1. The minimum atomic E-state index is 0.216. The van der Waals surface area contributed by atoms with Gasteiger partial charge in [-0.1, -0.05) is 6.92 Å². The van der Waals surface area contributed by atoms with Crippen molar-refractivity contribution < 1.29 is 4.79 Å². The Balaban J connectivity index is 1.53. The van der Waals surface area contributed by atoms with E-state index in [2.05, 4.69) is 17.1 Å². The second-order valence-electron chi connectivity index (χ2n) is 6.41. The van der Waals surface area contributed by atoms with Gasteiger partial charge in [-0.15, -0.1) is 0 Å². The van der Waals surface area contributed by atoms with Crippen LogP contribution < -0.4 is 11.1 Å². The van der Waals surface area contributed by atoms with Gasteiger partial charge in [0.05, 0.1) is 0 Å². The van der Waals surface area contributed by atoms with Crippen molar-refractivity contribution in [2.24, 2.45) is 17.6 Å². The third-order valence-electron chi connectivity index (χ3n) is 4.49. The molecule has 19 heavy (non-hydrogen) atoms. The third kappa shape index (κ3) is 5.11. The maximum Gasteiger partial charge on any atom is 0.220 e. The quantitative estimate of drug-likeness (QED) is 0.698. The van der Waals surface area contributed by atoms with Crippen molar-refractivity contribution in [3.8, 4) is 0 Å². The summed E-state index contributed by atoms with van der Waals surface area (Å²) in [6.45, 7) is 6.19. The highest BCUT2D eigenvalue weighted by Gasteiger charge is 2.34. The first-order valence-electron chi connectivity index (χ1n) is 7.90. The molecule has 2 rings (SSSR count). The summed E-state index contributed by atoms with van der Waals surface area (Å²) in [5.74, 6) is 1.45. The van der Waals surface area contributed by atoms with Crippen molar-refractivity contribution in [3.05, 3.63) is 0 Å². The van der Waals surface area contributed by atoms with Gasteiger partial charge in [-0.05, 0) is 57.0 Å². The van der Waals surface area contributed by atoms with Gasteiger partial charge in [0.2, 0.25) is 5.91 Å². The molecule has 1 amide bonds. The first kappa shape index (κ1) is 14.8. The maximum absolute atomic E-state index is 11.8. The molecule has 1 saturated heterocycles. The zero-order chi connectivity index (χ0) is 13.7. The molecule has 110 valence electrons. The molecule has 1 aliphatic heterocycles. The molecule has 2 aliphatic rings. The fourth-order valence-corrected chi connectivity index (χ4v) is 2.95. The summed E-state index contributed by atoms with van der Waals surface area (Å²) >= 11 is 0. The predicted octanol–water partition coefficient (Wildman–Crippen LogP) is 1.35. The SMILES string of the molecule is CC(CCN)CCC(=O)NCC1CCN(C2CC2)C1. The fourth-order valence-electron chi connectivity index (χ4n) is 2.95. The molecule has 0 spiro atoms. The fraction of sp³-hybridized carbons (Fsp3) is 0.933. The Kier molecular flexibility index (Phi) is 5.64. The van der Waals surface area contributed by atoms with Crippen molar-refractivity contribution in [3.63, 3.8) is 0 Å². The molecular weight excluding hydrogens is 238 g/mol. The number of nitrogens with one attached hydrogen (secondary N) is 1. The lowest BCUT2D eigenvalue weighted by Gasteiger charge is -2.15. The molecular formula is C15H29N3O. The van der Waals surface area contributed by atoms with E-state index in [1.54, 1.807) is 0 Å². The van der Waals surface area contributed by atoms with Crippen LogP contribution >= 0.6 is 0 Å². The minimum absolute atomic E-state index is 0.216. The topological polar surface area (TPSA) is 58.4 Å². The average Bonchev–Trinajstić information content (AvgIpc) is 3.14. The van der Waals surface area contributed by atoms with Crippen LogP contribution in [-0.4, -0.2) is 43.0 Å². The summed E-state index contributed by atoms with van der Waals surface area (Å²) in [6, 6.07) is 0.873. The average molecular weight is 267 g/mol. The monoisotopic (exact) mass is 267 g/mol. The summed E-state index contributed by atoms with van der Waals surface area (Å²) in [5.41, 5.74) is 5.51. The van der Waals surface area contributed by atoms with E-state index in [4.69, 9.17) is 5.73 Å². The summed E-state index contributed by atoms with van der Waals surface area (Å²) in [5, 5.41) is 3.11. The highest BCUT2D eigenvalue weighted by atomic mass is 16.1. The Labute approximate surface area is 117 Å². The van der Waals surface area contributed by atoms with Crippen molar-refractivity contribution in [1.82, 2.24) is 10.2 Å². The molecule has 2 fully saturated rings. The van der Waals surface area contributed by atoms with Gasteiger partial charge in [0.25, 0.3) is 0 Å². The van der Waals surface area contributed by atoms with Gasteiger partial charge in [0.15, 0.2) is 0 Å². The predicted molar refractivity (Wildman–Crippen MR) is 77.8 cm³/mol. The van der Waals surface area contributed by atoms with Crippen LogP contribution in [0.1, 0.15) is 45.4 Å². The Hall–Kier alpha value is -0.610. The van der Waals surface area contributed by atoms with Gasteiger partial charge < -0.3 is 16.0 Å². The van der Waals surface area contributed by atoms with E-state index in [1.165, 1.54) is 32.4 Å². The lowest BCUT2D eigenvalue weighted by atomic mass is 10.0. The van der Waals surface area contributed by atoms with E-state index in [-0.39, 0.29) is 5.91 Å². The van der Waals surface area contributed by atoms with Crippen LogP contribution in [-0.2, 0) is 4.79 Å². The van der Waals surface area contributed by atoms with Crippen LogP contribution in [0.4, 0.5) is 0 Å². The van der Waals surface area contributed by atoms with E-state index >= 15 is 0 Å². The zero-order valence-electron chi connectivity index (χ0n) is 12.2. The van der Waals surface area contributed by atoms with Gasteiger partial charge in [0.1, 0.15) is 0 Å². The smallest absolute Gasteiger partial charge is 0.220 e. The summed E-state index contributed by atoms with van der Waals surface area (Å²) in [7, 11) is 0. The van der Waals surface area contributed by atoms with Crippen molar-refractivity contribution in [1.29, 1.82) is 0 Å². The molecule has 1 heterocycles. The van der Waals surface area contributed by atoms with Crippen LogP contribution in [0.3, 0.4) is 0 Å². The molecule has 1 saturated carbocycles. The number of nitrogens with two attached hydrogens (primary N) is 1. The molecule has 2 unspecified atom stereocenters. The Morgan fingerprint density at radius 3 is 2.84 bits per heavy atom. The highest BCUT2D eigenvalue weighted by molar-refractivity contribution is 5.75. The zero-order valence-corrected chi connectivity index (χ0v) is 12.2. The molecule has 4 nitrogen and oxygen atoms in total. The molecule has 2 atom stereocenters. The standard InChI is InChI=1S/C15H29N3O/c1-12(6-8-16)2-5-15(19)17-10-13-7-9-18(11-13)14-3-4-14/h12-14H,2-11,16H2,1H3,(H,17,19). The van der Waals surface area contributed by atoms with Crippen molar-refractivity contribution in [2.45, 2.75) is 51.5 Å². The van der Waals surface area contributed by atoms with Gasteiger partial charge in [-0.25, -0.2) is 0 Å². The maximum atomic E-state index is 11.8. The van der Waals surface area contributed by atoms with Crippen LogP contribution in [0.25, 0.3) is 0 Å². The molecule has 0 aromatic carbocycles. The Morgan fingerprint density at radius 1 is 1.37 bits per heavy atom. The number of rotatable bonds is 8. The number of hydrogen-bond donors (Lipinski definition) is 2. The van der Waals surface area contributed by atoms with E-state index in [9.17, 15) is 4.79 Å². The largest absolute Gasteiger partial charge is 0.356 e. The summed E-state index contributed by atoms with van der Waals surface area (Å²) in [6.07, 6.45) is 6.66. The molecule has 3 N–H and O–H groups in total. The molecule has 0 bridgehead atoms. The number of carbonyl (C=O) groups excluding carboxylic acids is 1. The lowest BCUT2D eigenvalue weighted by Crippen LogP contribution is -2.31. The van der Waals surface area contributed by atoms with E-state index in [1.807, 2.05) is 0 Å². The molecule has 0 radical (unpaired) electrons. The van der Waals surface area contributed by atoms with Crippen LogP contribution in [0.2, 0.25) is 0 Å². The number of likely N-dealkylation sites (tertiary alicyclic amines) is 1. The first-order valence-corrected chi connectivity index (χ1v) is 7.90. The number of nitrogens with zero attached hydrogens (tertiary/aromatic N) is 1. The van der Waals surface area contributed by atoms with Gasteiger partial charge in [-0.2, -0.15) is 0 Å². The second kappa shape index (κ2) is 7.25. The number of hydrogen-bond acceptors (Lipinski definition) is 3. The van der Waals surface area contributed by atoms with Crippen molar-refractivity contribution >= 4 is 5.91 Å². The molecule has 1 aliphatic carbocycles. The van der Waals surface area contributed by atoms with Crippen LogP contribution in [0.5, 0.6) is 0 Å². The second-order valence-corrected chi connectivity index (χ2v) is 6.41. The van der Waals surface area contributed by atoms with Gasteiger partial charge in [0, 0.05) is 25.6 Å². The third-order valence-corrected chi connectivity index (χ3v) is 4.49. The van der Waals surface area contributed by atoms with E-state index in [0.29, 0.717) is 18.3 Å². The highest BCUT2D eigenvalue weighted by Crippen LogP contribution is 2.31. The Bertz CT molecular complexity index is 291. The molecule has 0 aromatic heterocycles. The van der Waals surface area contributed by atoms with E-state index in [0.717, 1.165) is 32.0 Å². The summed E-state index contributed by atoms with van der Waals surface area (Å²) < 4.78 is 0. The summed E-state index contributed by atoms with van der Waals surface area (Å²) in [4.78, 5) is 14.4. The number of carbonyl (C=O) groups is 1. The molecule has 4 heteroatoms. The Morgan fingerprint density at radius 2 is 2.16 bits per heavy atom.